The minimum absolute atomic E-state index is 0.0902. The van der Waals surface area contributed by atoms with Crippen LogP contribution in [0.25, 0.3) is 0 Å². The number of hydrogen-bond donors (Lipinski definition) is 1. The molecule has 0 aromatic heterocycles. The highest BCUT2D eigenvalue weighted by atomic mass is 32.2. The van der Waals surface area contributed by atoms with Crippen LogP contribution in [0.1, 0.15) is 5.56 Å². The molecule has 2 N–H and O–H groups in total. The van der Waals surface area contributed by atoms with Gasteiger partial charge in [-0.15, -0.1) is 0 Å². The van der Waals surface area contributed by atoms with Gasteiger partial charge in [0.25, 0.3) is 0 Å². The molecule has 0 atom stereocenters. The van der Waals surface area contributed by atoms with E-state index in [0.29, 0.717) is 11.3 Å². The van der Waals surface area contributed by atoms with E-state index in [2.05, 4.69) is 0 Å². The van der Waals surface area contributed by atoms with Crippen LogP contribution in [0.2, 0.25) is 0 Å². The zero-order chi connectivity index (χ0) is 11.6. The predicted molar refractivity (Wildman–Crippen MR) is 57.5 cm³/mol. The van der Waals surface area contributed by atoms with Gasteiger partial charge in [-0.1, -0.05) is 0 Å². The first-order valence-electron chi connectivity index (χ1n) is 4.28. The standard InChI is InChI=1S/C9H13FN2O2S/c1-12(15(2,13)14)9-4-3-8(10)5-7(9)6-11/h3-5H,6,11H2,1-2H3. The minimum atomic E-state index is -3.35. The van der Waals surface area contributed by atoms with E-state index in [1.807, 2.05) is 0 Å². The number of nitrogens with zero attached hydrogens (tertiary/aromatic N) is 1. The molecule has 0 aliphatic carbocycles. The van der Waals surface area contributed by atoms with Crippen LogP contribution < -0.4 is 10.0 Å². The summed E-state index contributed by atoms with van der Waals surface area (Å²) >= 11 is 0. The van der Waals surface area contributed by atoms with E-state index in [-0.39, 0.29) is 6.54 Å². The summed E-state index contributed by atoms with van der Waals surface area (Å²) in [6, 6.07) is 3.84. The summed E-state index contributed by atoms with van der Waals surface area (Å²) in [6.07, 6.45) is 1.08. The second-order valence-corrected chi connectivity index (χ2v) is 5.22. The Hall–Kier alpha value is -1.14. The van der Waals surface area contributed by atoms with Crippen molar-refractivity contribution in [3.63, 3.8) is 0 Å². The summed E-state index contributed by atoms with van der Waals surface area (Å²) < 4.78 is 36.5. The van der Waals surface area contributed by atoms with Crippen molar-refractivity contribution in [3.8, 4) is 0 Å². The van der Waals surface area contributed by atoms with Crippen LogP contribution in [0.15, 0.2) is 18.2 Å². The van der Waals surface area contributed by atoms with Gasteiger partial charge < -0.3 is 5.73 Å². The molecular weight excluding hydrogens is 219 g/mol. The van der Waals surface area contributed by atoms with Crippen molar-refractivity contribution < 1.29 is 12.8 Å². The fourth-order valence-corrected chi connectivity index (χ4v) is 1.74. The molecule has 15 heavy (non-hydrogen) atoms. The Balaban J connectivity index is 3.26. The molecule has 1 aromatic rings. The lowest BCUT2D eigenvalue weighted by Gasteiger charge is -2.19. The Bertz CT molecular complexity index is 459. The van der Waals surface area contributed by atoms with E-state index < -0.39 is 15.8 Å². The molecule has 0 saturated heterocycles. The van der Waals surface area contributed by atoms with E-state index in [9.17, 15) is 12.8 Å². The fraction of sp³-hybridized carbons (Fsp3) is 0.333. The van der Waals surface area contributed by atoms with Crippen molar-refractivity contribution >= 4 is 15.7 Å². The topological polar surface area (TPSA) is 63.4 Å². The Morgan fingerprint density at radius 1 is 1.47 bits per heavy atom. The molecule has 0 fully saturated rings. The number of rotatable bonds is 3. The highest BCUT2D eigenvalue weighted by molar-refractivity contribution is 7.92. The molecule has 84 valence electrons. The first kappa shape index (κ1) is 11.9. The predicted octanol–water partition coefficient (Wildman–Crippen LogP) is 0.680. The summed E-state index contributed by atoms with van der Waals surface area (Å²) in [5, 5.41) is 0. The highest BCUT2D eigenvalue weighted by Gasteiger charge is 2.15. The first-order chi connectivity index (χ1) is 6.86. The third kappa shape index (κ3) is 2.66. The Kier molecular flexibility index (Phi) is 3.31. The quantitative estimate of drug-likeness (QED) is 0.833. The van der Waals surface area contributed by atoms with Gasteiger partial charge in [-0.2, -0.15) is 0 Å². The third-order valence-corrected chi connectivity index (χ3v) is 3.29. The molecule has 0 spiro atoms. The number of hydrogen-bond acceptors (Lipinski definition) is 3. The zero-order valence-corrected chi connectivity index (χ0v) is 9.38. The SMILES string of the molecule is CN(c1ccc(F)cc1CN)S(C)(=O)=O. The summed E-state index contributed by atoms with van der Waals surface area (Å²) in [4.78, 5) is 0. The average Bonchev–Trinajstić information content (AvgIpc) is 2.15. The van der Waals surface area contributed by atoms with Gasteiger partial charge in [-0.05, 0) is 23.8 Å². The Morgan fingerprint density at radius 3 is 2.53 bits per heavy atom. The third-order valence-electron chi connectivity index (χ3n) is 2.10. The Morgan fingerprint density at radius 2 is 2.07 bits per heavy atom. The van der Waals surface area contributed by atoms with Crippen LogP contribution in [0.5, 0.6) is 0 Å². The molecule has 0 aliphatic rings. The lowest BCUT2D eigenvalue weighted by Crippen LogP contribution is -2.26. The van der Waals surface area contributed by atoms with Crippen molar-refractivity contribution in [1.82, 2.24) is 0 Å². The molecule has 0 unspecified atom stereocenters. The van der Waals surface area contributed by atoms with E-state index >= 15 is 0 Å². The van der Waals surface area contributed by atoms with Gasteiger partial charge in [0.1, 0.15) is 5.82 Å². The minimum Gasteiger partial charge on any atom is -0.326 e. The molecule has 0 heterocycles. The van der Waals surface area contributed by atoms with Crippen molar-refractivity contribution in [2.24, 2.45) is 5.73 Å². The summed E-state index contributed by atoms with van der Waals surface area (Å²) in [6.45, 7) is 0.0902. The molecule has 0 amide bonds. The van der Waals surface area contributed by atoms with Crippen molar-refractivity contribution in [2.75, 3.05) is 17.6 Å². The molecule has 1 rings (SSSR count). The lowest BCUT2D eigenvalue weighted by atomic mass is 10.2. The van der Waals surface area contributed by atoms with Crippen LogP contribution in [-0.2, 0) is 16.6 Å². The smallest absolute Gasteiger partial charge is 0.232 e. The number of nitrogens with two attached hydrogens (primary N) is 1. The van der Waals surface area contributed by atoms with Gasteiger partial charge in [0, 0.05) is 13.6 Å². The van der Waals surface area contributed by atoms with Gasteiger partial charge in [0.15, 0.2) is 0 Å². The lowest BCUT2D eigenvalue weighted by molar-refractivity contribution is 0.599. The zero-order valence-electron chi connectivity index (χ0n) is 8.57. The van der Waals surface area contributed by atoms with E-state index in [1.54, 1.807) is 0 Å². The van der Waals surface area contributed by atoms with Crippen LogP contribution in [0.3, 0.4) is 0 Å². The molecule has 0 saturated carbocycles. The molecule has 0 bridgehead atoms. The molecule has 1 aromatic carbocycles. The molecule has 0 aliphatic heterocycles. The van der Waals surface area contributed by atoms with Gasteiger partial charge in [-0.25, -0.2) is 12.8 Å². The average molecular weight is 232 g/mol. The van der Waals surface area contributed by atoms with E-state index in [4.69, 9.17) is 5.73 Å². The Labute approximate surface area is 88.6 Å². The van der Waals surface area contributed by atoms with Gasteiger partial charge in [0.05, 0.1) is 11.9 Å². The van der Waals surface area contributed by atoms with Crippen molar-refractivity contribution in [1.29, 1.82) is 0 Å². The molecular formula is C9H13FN2O2S. The van der Waals surface area contributed by atoms with Gasteiger partial charge >= 0.3 is 0 Å². The van der Waals surface area contributed by atoms with Crippen LogP contribution in [0.4, 0.5) is 10.1 Å². The van der Waals surface area contributed by atoms with Gasteiger partial charge in [0.2, 0.25) is 10.0 Å². The first-order valence-corrected chi connectivity index (χ1v) is 6.13. The van der Waals surface area contributed by atoms with Crippen LogP contribution in [-0.4, -0.2) is 21.7 Å². The van der Waals surface area contributed by atoms with Crippen LogP contribution in [0, 0.1) is 5.82 Å². The summed E-state index contributed by atoms with van der Waals surface area (Å²) in [7, 11) is -1.94. The van der Waals surface area contributed by atoms with Crippen LogP contribution >= 0.6 is 0 Å². The maximum atomic E-state index is 12.9. The monoisotopic (exact) mass is 232 g/mol. The summed E-state index contributed by atoms with van der Waals surface area (Å²) in [5.41, 5.74) is 6.28. The molecule has 6 heteroatoms. The summed E-state index contributed by atoms with van der Waals surface area (Å²) in [5.74, 6) is -0.430. The number of benzene rings is 1. The highest BCUT2D eigenvalue weighted by Crippen LogP contribution is 2.21. The maximum absolute atomic E-state index is 12.9. The van der Waals surface area contributed by atoms with Gasteiger partial charge in [-0.3, -0.25) is 4.31 Å². The van der Waals surface area contributed by atoms with Crippen molar-refractivity contribution in [3.05, 3.63) is 29.6 Å². The second kappa shape index (κ2) is 4.16. The number of sulfonamides is 1. The molecule has 4 nitrogen and oxygen atoms in total. The van der Waals surface area contributed by atoms with E-state index in [0.717, 1.165) is 10.6 Å². The normalized spacial score (nSPS) is 11.5. The largest absolute Gasteiger partial charge is 0.326 e. The number of anilines is 1. The molecule has 0 radical (unpaired) electrons. The van der Waals surface area contributed by atoms with E-state index in [1.165, 1.54) is 25.2 Å². The van der Waals surface area contributed by atoms with Crippen molar-refractivity contribution in [2.45, 2.75) is 6.54 Å². The number of halogens is 1. The maximum Gasteiger partial charge on any atom is 0.232 e. The fourth-order valence-electron chi connectivity index (χ4n) is 1.20. The second-order valence-electron chi connectivity index (χ2n) is 3.21.